The van der Waals surface area contributed by atoms with Gasteiger partial charge in [-0.25, -0.2) is 5.43 Å². The standard InChI is InChI=1S/C19H21N3O3S/c1-13(21-19(24)15-6-8-16(25-2)9-7-15)18(23)22-20-12-14-4-10-17(26-3)11-5-14/h4-13H,1-3H3,(H,21,24)(H,22,23). The number of carbonyl (C=O) groups excluding carboxylic acids is 2. The van der Waals surface area contributed by atoms with Crippen molar-refractivity contribution in [2.45, 2.75) is 17.9 Å². The molecule has 1 atom stereocenters. The van der Waals surface area contributed by atoms with Gasteiger partial charge in [-0.1, -0.05) is 12.1 Å². The Hall–Kier alpha value is -2.80. The van der Waals surface area contributed by atoms with E-state index in [1.807, 2.05) is 30.5 Å². The highest BCUT2D eigenvalue weighted by atomic mass is 32.2. The van der Waals surface area contributed by atoms with E-state index in [0.717, 1.165) is 10.5 Å². The molecule has 0 saturated carbocycles. The maximum Gasteiger partial charge on any atom is 0.262 e. The van der Waals surface area contributed by atoms with Gasteiger partial charge in [0.05, 0.1) is 13.3 Å². The van der Waals surface area contributed by atoms with E-state index < -0.39 is 11.9 Å². The molecular weight excluding hydrogens is 350 g/mol. The number of hydrogen-bond donors (Lipinski definition) is 2. The molecule has 0 radical (unpaired) electrons. The Balaban J connectivity index is 1.85. The molecule has 0 saturated heterocycles. The highest BCUT2D eigenvalue weighted by molar-refractivity contribution is 7.98. The maximum atomic E-state index is 12.1. The molecule has 0 spiro atoms. The molecular formula is C19H21N3O3S. The number of amides is 2. The van der Waals surface area contributed by atoms with E-state index in [-0.39, 0.29) is 5.91 Å². The molecule has 1 unspecified atom stereocenters. The largest absolute Gasteiger partial charge is 0.497 e. The van der Waals surface area contributed by atoms with Gasteiger partial charge in [0.25, 0.3) is 11.8 Å². The molecule has 0 heterocycles. The Morgan fingerprint density at radius 2 is 1.77 bits per heavy atom. The second-order valence-corrected chi connectivity index (χ2v) is 6.31. The van der Waals surface area contributed by atoms with Crippen LogP contribution in [0.2, 0.25) is 0 Å². The smallest absolute Gasteiger partial charge is 0.262 e. The number of ether oxygens (including phenoxy) is 1. The van der Waals surface area contributed by atoms with E-state index in [0.29, 0.717) is 11.3 Å². The van der Waals surface area contributed by atoms with Crippen molar-refractivity contribution in [1.82, 2.24) is 10.7 Å². The molecule has 2 aromatic rings. The van der Waals surface area contributed by atoms with Gasteiger partial charge >= 0.3 is 0 Å². The van der Waals surface area contributed by atoms with Crippen LogP contribution in [0.4, 0.5) is 0 Å². The van der Waals surface area contributed by atoms with Crippen LogP contribution in [0.1, 0.15) is 22.8 Å². The van der Waals surface area contributed by atoms with E-state index in [1.54, 1.807) is 56.3 Å². The normalized spacial score (nSPS) is 11.8. The van der Waals surface area contributed by atoms with Crippen molar-refractivity contribution in [1.29, 1.82) is 0 Å². The summed E-state index contributed by atoms with van der Waals surface area (Å²) in [6.07, 6.45) is 3.56. The lowest BCUT2D eigenvalue weighted by Crippen LogP contribution is -2.43. The van der Waals surface area contributed by atoms with Crippen LogP contribution in [0, 0.1) is 0 Å². The number of hydrazone groups is 1. The molecule has 2 amide bonds. The third-order valence-corrected chi connectivity index (χ3v) is 4.34. The van der Waals surface area contributed by atoms with Gasteiger partial charge in [-0.05, 0) is 55.1 Å². The average Bonchev–Trinajstić information content (AvgIpc) is 2.68. The predicted octanol–water partition coefficient (Wildman–Crippen LogP) is 2.69. The molecule has 0 bridgehead atoms. The van der Waals surface area contributed by atoms with Crippen LogP contribution in [0.3, 0.4) is 0 Å². The van der Waals surface area contributed by atoms with Crippen molar-refractivity contribution in [3.05, 3.63) is 59.7 Å². The summed E-state index contributed by atoms with van der Waals surface area (Å²) in [6, 6.07) is 13.7. The number of nitrogens with one attached hydrogen (secondary N) is 2. The van der Waals surface area contributed by atoms with Crippen LogP contribution < -0.4 is 15.5 Å². The van der Waals surface area contributed by atoms with Crippen LogP contribution in [0.5, 0.6) is 5.75 Å². The summed E-state index contributed by atoms with van der Waals surface area (Å²) in [7, 11) is 1.55. The van der Waals surface area contributed by atoms with Crippen molar-refractivity contribution in [2.24, 2.45) is 5.10 Å². The fraction of sp³-hybridized carbons (Fsp3) is 0.211. The first-order valence-electron chi connectivity index (χ1n) is 7.95. The topological polar surface area (TPSA) is 79.8 Å². The fourth-order valence-corrected chi connectivity index (χ4v) is 2.45. The lowest BCUT2D eigenvalue weighted by molar-refractivity contribution is -0.122. The predicted molar refractivity (Wildman–Crippen MR) is 104 cm³/mol. The van der Waals surface area contributed by atoms with Gasteiger partial charge in [0.15, 0.2) is 0 Å². The summed E-state index contributed by atoms with van der Waals surface area (Å²) in [5, 5.41) is 6.55. The third kappa shape index (κ3) is 5.63. The highest BCUT2D eigenvalue weighted by Crippen LogP contribution is 2.14. The van der Waals surface area contributed by atoms with Crippen LogP contribution in [-0.4, -0.2) is 37.4 Å². The van der Waals surface area contributed by atoms with Crippen molar-refractivity contribution in [2.75, 3.05) is 13.4 Å². The van der Waals surface area contributed by atoms with Crippen molar-refractivity contribution < 1.29 is 14.3 Å². The molecule has 0 aliphatic rings. The molecule has 26 heavy (non-hydrogen) atoms. The zero-order chi connectivity index (χ0) is 18.9. The summed E-state index contributed by atoms with van der Waals surface area (Å²) >= 11 is 1.65. The number of hydrogen-bond acceptors (Lipinski definition) is 5. The number of thioether (sulfide) groups is 1. The zero-order valence-corrected chi connectivity index (χ0v) is 15.7. The van der Waals surface area contributed by atoms with Gasteiger partial charge < -0.3 is 10.1 Å². The van der Waals surface area contributed by atoms with Gasteiger partial charge in [-0.15, -0.1) is 11.8 Å². The van der Waals surface area contributed by atoms with E-state index in [1.165, 1.54) is 0 Å². The van der Waals surface area contributed by atoms with E-state index in [4.69, 9.17) is 4.74 Å². The van der Waals surface area contributed by atoms with Crippen molar-refractivity contribution in [3.63, 3.8) is 0 Å². The molecule has 0 aromatic heterocycles. The molecule has 2 rings (SSSR count). The Labute approximate surface area is 157 Å². The molecule has 6 nitrogen and oxygen atoms in total. The zero-order valence-electron chi connectivity index (χ0n) is 14.9. The number of carbonyl (C=O) groups is 2. The highest BCUT2D eigenvalue weighted by Gasteiger charge is 2.16. The van der Waals surface area contributed by atoms with Crippen LogP contribution >= 0.6 is 11.8 Å². The van der Waals surface area contributed by atoms with Crippen LogP contribution in [0.25, 0.3) is 0 Å². The molecule has 136 valence electrons. The average molecular weight is 371 g/mol. The second kappa shape index (κ2) is 9.62. The molecule has 0 fully saturated rings. The van der Waals surface area contributed by atoms with Crippen LogP contribution in [-0.2, 0) is 4.79 Å². The summed E-state index contributed by atoms with van der Waals surface area (Å²) in [5.41, 5.74) is 3.75. The van der Waals surface area contributed by atoms with E-state index in [9.17, 15) is 9.59 Å². The number of nitrogens with zero attached hydrogens (tertiary/aromatic N) is 1. The minimum Gasteiger partial charge on any atom is -0.497 e. The summed E-state index contributed by atoms with van der Waals surface area (Å²) in [5.74, 6) is -0.0805. The summed E-state index contributed by atoms with van der Waals surface area (Å²) < 4.78 is 5.05. The third-order valence-electron chi connectivity index (χ3n) is 3.60. The van der Waals surface area contributed by atoms with E-state index in [2.05, 4.69) is 15.8 Å². The molecule has 0 aliphatic carbocycles. The minimum atomic E-state index is -0.722. The Morgan fingerprint density at radius 1 is 1.12 bits per heavy atom. The molecule has 0 aliphatic heterocycles. The first-order chi connectivity index (χ1) is 12.5. The number of methoxy groups -OCH3 is 1. The van der Waals surface area contributed by atoms with Gasteiger partial charge in [0.2, 0.25) is 0 Å². The lowest BCUT2D eigenvalue weighted by atomic mass is 10.2. The first kappa shape index (κ1) is 19.5. The van der Waals surface area contributed by atoms with Crippen molar-refractivity contribution >= 4 is 29.8 Å². The fourth-order valence-electron chi connectivity index (χ4n) is 2.05. The monoisotopic (exact) mass is 371 g/mol. The molecule has 7 heteroatoms. The summed E-state index contributed by atoms with van der Waals surface area (Å²) in [4.78, 5) is 25.3. The second-order valence-electron chi connectivity index (χ2n) is 5.43. The van der Waals surface area contributed by atoms with Gasteiger partial charge in [-0.2, -0.15) is 5.10 Å². The van der Waals surface area contributed by atoms with Crippen molar-refractivity contribution in [3.8, 4) is 5.75 Å². The van der Waals surface area contributed by atoms with Crippen LogP contribution in [0.15, 0.2) is 58.5 Å². The Kier molecular flexibility index (Phi) is 7.23. The SMILES string of the molecule is COc1ccc(C(=O)NC(C)C(=O)NN=Cc2ccc(SC)cc2)cc1. The summed E-state index contributed by atoms with van der Waals surface area (Å²) in [6.45, 7) is 1.60. The lowest BCUT2D eigenvalue weighted by Gasteiger charge is -2.12. The minimum absolute atomic E-state index is 0.341. The first-order valence-corrected chi connectivity index (χ1v) is 9.18. The molecule has 2 aromatic carbocycles. The number of rotatable bonds is 7. The maximum absolute atomic E-state index is 12.1. The Morgan fingerprint density at radius 3 is 2.35 bits per heavy atom. The Bertz CT molecular complexity index is 774. The van der Waals surface area contributed by atoms with Gasteiger partial charge in [0, 0.05) is 10.5 Å². The quantitative estimate of drug-likeness (QED) is 0.446. The van der Waals surface area contributed by atoms with Gasteiger partial charge in [0.1, 0.15) is 11.8 Å². The van der Waals surface area contributed by atoms with E-state index >= 15 is 0 Å². The number of benzene rings is 2. The molecule has 2 N–H and O–H groups in total. The van der Waals surface area contributed by atoms with Gasteiger partial charge in [-0.3, -0.25) is 9.59 Å².